The summed E-state index contributed by atoms with van der Waals surface area (Å²) < 4.78 is 10.9. The maximum atomic E-state index is 5.47. The van der Waals surface area contributed by atoms with Gasteiger partial charge in [0.25, 0.3) is 0 Å². The summed E-state index contributed by atoms with van der Waals surface area (Å²) in [5, 5.41) is 2.67. The van der Waals surface area contributed by atoms with E-state index < -0.39 is 0 Å². The summed E-state index contributed by atoms with van der Waals surface area (Å²) in [7, 11) is 1.31. The van der Waals surface area contributed by atoms with Crippen LogP contribution in [0.15, 0.2) is 81.6 Å². The van der Waals surface area contributed by atoms with E-state index in [0.717, 1.165) is 22.5 Å². The number of hydrogen-bond donors (Lipinski definition) is 0. The monoisotopic (exact) mass is 410 g/mol. The molecule has 2 aromatic heterocycles. The molecule has 0 spiro atoms. The van der Waals surface area contributed by atoms with Crippen LogP contribution in [0.3, 0.4) is 0 Å². The summed E-state index contributed by atoms with van der Waals surface area (Å²) in [6.07, 6.45) is 0. The van der Waals surface area contributed by atoms with Crippen LogP contribution >= 0.6 is 17.2 Å². The molecule has 0 amide bonds. The number of hydrogen-bond acceptors (Lipinski definition) is 2. The molecule has 0 fully saturated rings. The molecule has 130 valence electrons. The van der Waals surface area contributed by atoms with Crippen molar-refractivity contribution < 1.29 is 25.9 Å². The SMILES string of the molecule is Cc1ccc(P[c-]2cccc2)o1.Cc1ccc(P[c-]2cccc2)o1.[Fe+2]. The van der Waals surface area contributed by atoms with Gasteiger partial charge in [-0.25, -0.2) is 24.3 Å². The molecular weight excluding hydrogens is 390 g/mol. The van der Waals surface area contributed by atoms with Crippen molar-refractivity contribution in [2.24, 2.45) is 0 Å². The quantitative estimate of drug-likeness (QED) is 0.290. The molecule has 2 nitrogen and oxygen atoms in total. The zero-order chi connectivity index (χ0) is 16.8. The fraction of sp³-hybridized carbons (Fsp3) is 0.100. The van der Waals surface area contributed by atoms with Gasteiger partial charge in [0.2, 0.25) is 0 Å². The van der Waals surface area contributed by atoms with Crippen molar-refractivity contribution >= 4 is 38.8 Å². The average molecular weight is 410 g/mol. The fourth-order valence-corrected chi connectivity index (χ4v) is 4.25. The van der Waals surface area contributed by atoms with E-state index in [-0.39, 0.29) is 17.1 Å². The van der Waals surface area contributed by atoms with E-state index in [4.69, 9.17) is 8.83 Å². The Labute approximate surface area is 162 Å². The molecule has 0 N–H and O–H groups in total. The van der Waals surface area contributed by atoms with Crippen molar-refractivity contribution in [1.82, 2.24) is 0 Å². The van der Waals surface area contributed by atoms with Gasteiger partial charge in [0.1, 0.15) is 22.5 Å². The first-order valence-corrected chi connectivity index (χ1v) is 9.79. The fourth-order valence-electron chi connectivity index (χ4n) is 2.20. The van der Waals surface area contributed by atoms with Crippen LogP contribution in [0.4, 0.5) is 0 Å². The number of furan rings is 2. The van der Waals surface area contributed by atoms with Gasteiger partial charge in [-0.15, -0.1) is 10.6 Å². The van der Waals surface area contributed by atoms with Crippen LogP contribution in [0.1, 0.15) is 11.5 Å². The van der Waals surface area contributed by atoms with E-state index in [1.165, 1.54) is 10.6 Å². The van der Waals surface area contributed by atoms with Crippen molar-refractivity contribution in [3.8, 4) is 0 Å². The van der Waals surface area contributed by atoms with E-state index in [2.05, 4.69) is 48.5 Å². The molecule has 0 aliphatic heterocycles. The molecule has 25 heavy (non-hydrogen) atoms. The van der Waals surface area contributed by atoms with Gasteiger partial charge in [0.15, 0.2) is 0 Å². The molecule has 2 atom stereocenters. The number of aryl methyl sites for hydroxylation is 2. The zero-order valence-corrected chi connectivity index (χ0v) is 17.2. The molecule has 2 heterocycles. The van der Waals surface area contributed by atoms with Crippen molar-refractivity contribution in [2.45, 2.75) is 13.8 Å². The minimum absolute atomic E-state index is 0. The van der Waals surface area contributed by atoms with E-state index in [9.17, 15) is 0 Å². The van der Waals surface area contributed by atoms with Gasteiger partial charge >= 0.3 is 17.1 Å². The number of rotatable bonds is 4. The van der Waals surface area contributed by atoms with E-state index >= 15 is 0 Å². The summed E-state index contributed by atoms with van der Waals surface area (Å²) in [4.78, 5) is 0. The second-order valence-electron chi connectivity index (χ2n) is 5.42. The van der Waals surface area contributed by atoms with E-state index in [1.807, 2.05) is 38.1 Å². The van der Waals surface area contributed by atoms with E-state index in [1.54, 1.807) is 0 Å². The second kappa shape index (κ2) is 9.95. The Morgan fingerprint density at radius 1 is 0.640 bits per heavy atom. The predicted octanol–water partition coefficient (Wildman–Crippen LogP) is 3.87. The Balaban J connectivity index is 0.000000173. The van der Waals surface area contributed by atoms with Gasteiger partial charge < -0.3 is 8.83 Å². The van der Waals surface area contributed by atoms with Crippen LogP contribution in [0.2, 0.25) is 0 Å². The predicted molar refractivity (Wildman–Crippen MR) is 106 cm³/mol. The summed E-state index contributed by atoms with van der Waals surface area (Å²) in [5.74, 6) is 1.98. The first-order valence-electron chi connectivity index (χ1n) is 7.79. The third-order valence-corrected chi connectivity index (χ3v) is 5.62. The summed E-state index contributed by atoms with van der Waals surface area (Å²) in [6.45, 7) is 3.94. The van der Waals surface area contributed by atoms with Gasteiger partial charge in [0, 0.05) is 0 Å². The van der Waals surface area contributed by atoms with Gasteiger partial charge in [-0.3, -0.25) is 0 Å². The molecule has 4 aromatic rings. The van der Waals surface area contributed by atoms with Crippen molar-refractivity contribution in [1.29, 1.82) is 0 Å². The zero-order valence-electron chi connectivity index (χ0n) is 14.1. The molecule has 0 bridgehead atoms. The summed E-state index contributed by atoms with van der Waals surface area (Å²) >= 11 is 0. The Hall–Kier alpha value is -1.36. The van der Waals surface area contributed by atoms with Crippen molar-refractivity contribution in [2.75, 3.05) is 0 Å². The molecule has 0 radical (unpaired) electrons. The molecular formula is C20H20FeO2P2. The molecule has 0 saturated carbocycles. The van der Waals surface area contributed by atoms with Crippen LogP contribution in [0, 0.1) is 13.8 Å². The maximum Gasteiger partial charge on any atom is 2.00 e. The first kappa shape index (κ1) is 20.0. The minimum Gasteiger partial charge on any atom is -0.463 e. The maximum absolute atomic E-state index is 5.47. The Kier molecular flexibility index (Phi) is 7.94. The van der Waals surface area contributed by atoms with Crippen LogP contribution in [-0.4, -0.2) is 0 Å². The Morgan fingerprint density at radius 2 is 1.00 bits per heavy atom. The normalized spacial score (nSPS) is 11.0. The van der Waals surface area contributed by atoms with Crippen LogP contribution < -0.4 is 21.6 Å². The third-order valence-electron chi connectivity index (χ3n) is 3.34. The first-order chi connectivity index (χ1) is 11.7. The topological polar surface area (TPSA) is 26.3 Å². The Bertz CT molecular complexity index is 770. The van der Waals surface area contributed by atoms with Crippen molar-refractivity contribution in [3.05, 3.63) is 84.3 Å². The summed E-state index contributed by atoms with van der Waals surface area (Å²) in [5.41, 5.74) is 2.14. The molecule has 0 aliphatic rings. The molecule has 2 unspecified atom stereocenters. The molecule has 5 heteroatoms. The van der Waals surface area contributed by atoms with Crippen LogP contribution in [-0.2, 0) is 17.1 Å². The van der Waals surface area contributed by atoms with E-state index in [0.29, 0.717) is 17.2 Å². The minimum atomic E-state index is 0. The molecule has 0 saturated heterocycles. The van der Waals surface area contributed by atoms with Gasteiger partial charge in [-0.1, -0.05) is 17.2 Å². The Morgan fingerprint density at radius 3 is 1.28 bits per heavy atom. The van der Waals surface area contributed by atoms with Crippen molar-refractivity contribution in [3.63, 3.8) is 0 Å². The largest absolute Gasteiger partial charge is 2.00 e. The summed E-state index contributed by atoms with van der Waals surface area (Å²) in [6, 6.07) is 24.8. The molecule has 0 aliphatic carbocycles. The van der Waals surface area contributed by atoms with Gasteiger partial charge in [-0.05, 0) is 38.1 Å². The molecule has 4 rings (SSSR count). The third kappa shape index (κ3) is 6.46. The van der Waals surface area contributed by atoms with Gasteiger partial charge in [0.05, 0.1) is 0 Å². The second-order valence-corrected chi connectivity index (χ2v) is 8.06. The van der Waals surface area contributed by atoms with Crippen LogP contribution in [0.25, 0.3) is 0 Å². The smallest absolute Gasteiger partial charge is 0.463 e. The van der Waals surface area contributed by atoms with Gasteiger partial charge in [-0.2, -0.15) is 24.3 Å². The standard InChI is InChI=1S/2C10H10OP.Fe/c2*1-8-6-7-10(11-8)12-9-4-2-3-5-9;/h2*2-7,12H,1H3;/q2*-1;+2. The van der Waals surface area contributed by atoms with Crippen LogP contribution in [0.5, 0.6) is 0 Å². The average Bonchev–Trinajstić information content (AvgIpc) is 3.31. The molecule has 2 aromatic carbocycles.